The number of ether oxygens (including phenoxy) is 1. The van der Waals surface area contributed by atoms with Crippen molar-refractivity contribution in [2.75, 3.05) is 18.9 Å². The van der Waals surface area contributed by atoms with Crippen LogP contribution in [0.2, 0.25) is 0 Å². The molecule has 0 atom stereocenters. The van der Waals surface area contributed by atoms with Gasteiger partial charge in [-0.3, -0.25) is 20.2 Å². The number of carbonyl (C=O) groups is 3. The van der Waals surface area contributed by atoms with Gasteiger partial charge in [0.15, 0.2) is 6.61 Å². The molecule has 0 saturated heterocycles. The van der Waals surface area contributed by atoms with E-state index in [0.29, 0.717) is 6.54 Å². The monoisotopic (exact) mass is 338 g/mol. The normalized spacial score (nSPS) is 10.1. The maximum absolute atomic E-state index is 11.8. The van der Waals surface area contributed by atoms with Gasteiger partial charge in [-0.2, -0.15) is 0 Å². The first-order valence-corrected chi connectivity index (χ1v) is 6.99. The minimum absolute atomic E-state index is 0.101. The number of esters is 1. The molecule has 3 amide bonds. The number of nitrogens with one attached hydrogen (secondary N) is 2. The number of hydrogen-bond donors (Lipinski definition) is 3. The summed E-state index contributed by atoms with van der Waals surface area (Å²) in [5.41, 5.74) is 4.74. The molecule has 0 aliphatic heterocycles. The molecular formula is C14H18N4O6. The van der Waals surface area contributed by atoms with Crippen LogP contribution in [0.15, 0.2) is 18.2 Å². The second-order valence-electron chi connectivity index (χ2n) is 5.26. The fraction of sp³-hybridized carbons (Fsp3) is 0.357. The maximum atomic E-state index is 11.8. The van der Waals surface area contributed by atoms with Gasteiger partial charge in [0.05, 0.1) is 10.5 Å². The Morgan fingerprint density at radius 2 is 2.00 bits per heavy atom. The van der Waals surface area contributed by atoms with E-state index in [9.17, 15) is 24.5 Å². The molecule has 10 nitrogen and oxygen atoms in total. The summed E-state index contributed by atoms with van der Waals surface area (Å²) in [5, 5.41) is 15.2. The van der Waals surface area contributed by atoms with Gasteiger partial charge in [0.25, 0.3) is 11.6 Å². The van der Waals surface area contributed by atoms with Crippen molar-refractivity contribution in [2.45, 2.75) is 13.8 Å². The van der Waals surface area contributed by atoms with Crippen molar-refractivity contribution in [1.29, 1.82) is 0 Å². The highest BCUT2D eigenvalue weighted by molar-refractivity contribution is 5.97. The Bertz CT molecular complexity index is 659. The molecule has 4 N–H and O–H groups in total. The van der Waals surface area contributed by atoms with Crippen molar-refractivity contribution in [1.82, 2.24) is 10.6 Å². The molecule has 0 heterocycles. The van der Waals surface area contributed by atoms with Crippen LogP contribution in [0, 0.1) is 16.0 Å². The molecule has 0 aromatic heterocycles. The number of imide groups is 1. The number of carbonyl (C=O) groups excluding carboxylic acids is 3. The van der Waals surface area contributed by atoms with E-state index in [0.717, 1.165) is 6.07 Å². The molecule has 1 rings (SSSR count). The number of amides is 3. The van der Waals surface area contributed by atoms with Crippen LogP contribution in [0.4, 0.5) is 16.2 Å². The van der Waals surface area contributed by atoms with Crippen LogP contribution in [0.25, 0.3) is 0 Å². The Balaban J connectivity index is 2.54. The van der Waals surface area contributed by atoms with Crippen molar-refractivity contribution in [3.05, 3.63) is 33.9 Å². The molecule has 1 aromatic carbocycles. The lowest BCUT2D eigenvalue weighted by Gasteiger charge is -2.09. The van der Waals surface area contributed by atoms with Gasteiger partial charge >= 0.3 is 12.0 Å². The number of urea groups is 1. The highest BCUT2D eigenvalue weighted by Crippen LogP contribution is 2.22. The number of anilines is 1. The van der Waals surface area contributed by atoms with Crippen LogP contribution in [-0.2, 0) is 9.53 Å². The zero-order chi connectivity index (χ0) is 18.3. The SMILES string of the molecule is CC(C)CNC(=O)NC(=O)COC(=O)c1ccc(N)c([N+](=O)[O-])c1. The standard InChI is InChI=1S/C14H18N4O6/c1-8(2)6-16-14(21)17-12(19)7-24-13(20)9-3-4-10(15)11(5-9)18(22)23/h3-5,8H,6-7,15H2,1-2H3,(H2,16,17,19,21). The molecule has 0 fully saturated rings. The third kappa shape index (κ3) is 5.91. The predicted octanol–water partition coefficient (Wildman–Crippen LogP) is 0.816. The van der Waals surface area contributed by atoms with Crippen LogP contribution in [-0.4, -0.2) is 36.0 Å². The number of nitrogen functional groups attached to an aromatic ring is 1. The summed E-state index contributed by atoms with van der Waals surface area (Å²) >= 11 is 0. The first-order chi connectivity index (χ1) is 11.2. The molecule has 0 bridgehead atoms. The lowest BCUT2D eigenvalue weighted by Crippen LogP contribution is -2.42. The molecule has 0 aliphatic carbocycles. The van der Waals surface area contributed by atoms with Gasteiger partial charge in [0.2, 0.25) is 0 Å². The number of nitro groups is 1. The summed E-state index contributed by atoms with van der Waals surface area (Å²) < 4.78 is 4.70. The summed E-state index contributed by atoms with van der Waals surface area (Å²) in [7, 11) is 0. The number of rotatable bonds is 6. The van der Waals surface area contributed by atoms with Crippen LogP contribution >= 0.6 is 0 Å². The van der Waals surface area contributed by atoms with E-state index in [-0.39, 0.29) is 17.2 Å². The average molecular weight is 338 g/mol. The van der Waals surface area contributed by atoms with E-state index in [4.69, 9.17) is 10.5 Å². The number of benzene rings is 1. The molecule has 0 aliphatic rings. The first-order valence-electron chi connectivity index (χ1n) is 6.99. The second-order valence-corrected chi connectivity index (χ2v) is 5.26. The Kier molecular flexibility index (Phi) is 6.65. The Labute approximate surface area is 137 Å². The average Bonchev–Trinajstić information content (AvgIpc) is 2.50. The summed E-state index contributed by atoms with van der Waals surface area (Å²) in [6.07, 6.45) is 0. The topological polar surface area (TPSA) is 154 Å². The van der Waals surface area contributed by atoms with Gasteiger partial charge in [0, 0.05) is 12.6 Å². The minimum atomic E-state index is -0.948. The van der Waals surface area contributed by atoms with E-state index in [1.54, 1.807) is 0 Å². The highest BCUT2D eigenvalue weighted by atomic mass is 16.6. The van der Waals surface area contributed by atoms with E-state index < -0.39 is 35.1 Å². The van der Waals surface area contributed by atoms with Crippen LogP contribution in [0.5, 0.6) is 0 Å². The predicted molar refractivity (Wildman–Crippen MR) is 84.2 cm³/mol. The lowest BCUT2D eigenvalue weighted by molar-refractivity contribution is -0.383. The molecule has 0 spiro atoms. The number of nitrogens with two attached hydrogens (primary N) is 1. The quantitative estimate of drug-likeness (QED) is 0.300. The van der Waals surface area contributed by atoms with Gasteiger partial charge < -0.3 is 15.8 Å². The van der Waals surface area contributed by atoms with Crippen molar-refractivity contribution in [3.63, 3.8) is 0 Å². The van der Waals surface area contributed by atoms with E-state index in [1.165, 1.54) is 12.1 Å². The minimum Gasteiger partial charge on any atom is -0.452 e. The van der Waals surface area contributed by atoms with E-state index >= 15 is 0 Å². The van der Waals surface area contributed by atoms with Crippen molar-refractivity contribution in [3.8, 4) is 0 Å². The largest absolute Gasteiger partial charge is 0.452 e. The Morgan fingerprint density at radius 1 is 1.33 bits per heavy atom. The van der Waals surface area contributed by atoms with E-state index in [2.05, 4.69) is 5.32 Å². The molecule has 0 saturated carbocycles. The smallest absolute Gasteiger partial charge is 0.338 e. The molecule has 0 radical (unpaired) electrons. The molecular weight excluding hydrogens is 320 g/mol. The summed E-state index contributed by atoms with van der Waals surface area (Å²) in [4.78, 5) is 44.6. The van der Waals surface area contributed by atoms with Crippen LogP contribution < -0.4 is 16.4 Å². The zero-order valence-corrected chi connectivity index (χ0v) is 13.2. The summed E-state index contributed by atoms with van der Waals surface area (Å²) in [6.45, 7) is 3.45. The molecule has 10 heteroatoms. The molecule has 1 aromatic rings. The van der Waals surface area contributed by atoms with Gasteiger partial charge in [0.1, 0.15) is 5.69 Å². The molecule has 24 heavy (non-hydrogen) atoms. The zero-order valence-electron chi connectivity index (χ0n) is 13.2. The van der Waals surface area contributed by atoms with Crippen molar-refractivity contribution >= 4 is 29.3 Å². The van der Waals surface area contributed by atoms with Gasteiger partial charge in [-0.1, -0.05) is 13.8 Å². The number of nitro benzene ring substituents is 1. The summed E-state index contributed by atoms with van der Waals surface area (Å²) in [6, 6.07) is 2.67. The van der Waals surface area contributed by atoms with Gasteiger partial charge in [-0.25, -0.2) is 9.59 Å². The van der Waals surface area contributed by atoms with Crippen LogP contribution in [0.1, 0.15) is 24.2 Å². The van der Waals surface area contributed by atoms with Crippen molar-refractivity contribution in [2.24, 2.45) is 5.92 Å². The third-order valence-corrected chi connectivity index (χ3v) is 2.72. The Morgan fingerprint density at radius 3 is 2.58 bits per heavy atom. The first kappa shape index (κ1) is 18.9. The van der Waals surface area contributed by atoms with Gasteiger partial charge in [-0.15, -0.1) is 0 Å². The highest BCUT2D eigenvalue weighted by Gasteiger charge is 2.18. The van der Waals surface area contributed by atoms with Crippen LogP contribution in [0.3, 0.4) is 0 Å². The molecule has 130 valence electrons. The lowest BCUT2D eigenvalue weighted by atomic mass is 10.2. The molecule has 0 unspecified atom stereocenters. The van der Waals surface area contributed by atoms with Crippen molar-refractivity contribution < 1.29 is 24.0 Å². The number of hydrogen-bond acceptors (Lipinski definition) is 7. The Hall–Kier alpha value is -3.17. The third-order valence-electron chi connectivity index (χ3n) is 2.72. The summed E-state index contributed by atoms with van der Waals surface area (Å²) in [5.74, 6) is -1.56. The maximum Gasteiger partial charge on any atom is 0.338 e. The fourth-order valence-corrected chi connectivity index (χ4v) is 1.55. The van der Waals surface area contributed by atoms with Gasteiger partial charge in [-0.05, 0) is 18.1 Å². The number of nitrogens with zero attached hydrogens (tertiary/aromatic N) is 1. The fourth-order valence-electron chi connectivity index (χ4n) is 1.55. The second kappa shape index (κ2) is 8.46. The van der Waals surface area contributed by atoms with E-state index in [1.807, 2.05) is 19.2 Å².